The number of amides is 2. The van der Waals surface area contributed by atoms with Gasteiger partial charge >= 0.3 is 6.18 Å². The molecule has 8 heteroatoms. The summed E-state index contributed by atoms with van der Waals surface area (Å²) < 4.78 is 38.7. The van der Waals surface area contributed by atoms with Gasteiger partial charge in [-0.05, 0) is 42.0 Å². The average molecular weight is 438 g/mol. The molecule has 3 aromatic rings. The van der Waals surface area contributed by atoms with Crippen LogP contribution in [0.15, 0.2) is 84.9 Å². The van der Waals surface area contributed by atoms with Crippen molar-refractivity contribution in [2.75, 3.05) is 9.96 Å². The van der Waals surface area contributed by atoms with Crippen LogP contribution < -0.4 is 9.96 Å². The summed E-state index contributed by atoms with van der Waals surface area (Å²) in [7, 11) is 0. The lowest BCUT2D eigenvalue weighted by Crippen LogP contribution is -2.37. The number of nitrogens with zero attached hydrogens (tertiary/aromatic N) is 2. The van der Waals surface area contributed by atoms with Gasteiger partial charge in [-0.25, -0.2) is 9.96 Å². The highest BCUT2D eigenvalue weighted by Crippen LogP contribution is 2.47. The van der Waals surface area contributed by atoms with Crippen molar-refractivity contribution in [3.05, 3.63) is 96.1 Å². The van der Waals surface area contributed by atoms with Gasteiger partial charge in [0, 0.05) is 0 Å². The van der Waals surface area contributed by atoms with Gasteiger partial charge in [-0.2, -0.15) is 13.2 Å². The molecule has 0 aromatic heterocycles. The van der Waals surface area contributed by atoms with Crippen LogP contribution in [0, 0.1) is 5.92 Å². The lowest BCUT2D eigenvalue weighted by Gasteiger charge is -2.28. The number of hydrogen-bond acceptors (Lipinski definition) is 4. The maximum Gasteiger partial charge on any atom is 0.416 e. The van der Waals surface area contributed by atoms with Gasteiger partial charge in [0.05, 0.1) is 23.0 Å². The van der Waals surface area contributed by atoms with Crippen LogP contribution >= 0.6 is 0 Å². The van der Waals surface area contributed by atoms with Crippen molar-refractivity contribution < 1.29 is 27.6 Å². The molecule has 0 spiro atoms. The fraction of sp³-hybridized carbons (Fsp3) is 0.167. The van der Waals surface area contributed by atoms with Crippen molar-refractivity contribution in [1.82, 2.24) is 0 Å². The molecule has 0 aliphatic carbocycles. The third kappa shape index (κ3) is 3.23. The number of hydroxylamine groups is 1. The van der Waals surface area contributed by atoms with E-state index in [0.29, 0.717) is 5.69 Å². The second-order valence-electron chi connectivity index (χ2n) is 7.63. The standard InChI is InChI=1S/C24H17F3N2O3/c25-24(26,27)16-11-13-17(14-12-16)28-22(30)19-20(15-7-3-1-4-8-15)29(32-21(19)23(28)31)18-9-5-2-6-10-18/h1-14,19-21H/t19-,20+,21-/m1/s1. The van der Waals surface area contributed by atoms with E-state index in [9.17, 15) is 22.8 Å². The summed E-state index contributed by atoms with van der Waals surface area (Å²) in [5.41, 5.74) is 0.718. The van der Waals surface area contributed by atoms with Crippen LogP contribution in [0.5, 0.6) is 0 Å². The van der Waals surface area contributed by atoms with Crippen LogP contribution in [0.1, 0.15) is 17.2 Å². The minimum Gasteiger partial charge on any atom is -0.273 e. The smallest absolute Gasteiger partial charge is 0.273 e. The Balaban J connectivity index is 1.53. The summed E-state index contributed by atoms with van der Waals surface area (Å²) in [6, 6.07) is 21.8. The number of alkyl halides is 3. The summed E-state index contributed by atoms with van der Waals surface area (Å²) >= 11 is 0. The Bertz CT molecular complexity index is 1150. The Hall–Kier alpha value is -3.65. The molecule has 0 saturated carbocycles. The first-order valence-corrected chi connectivity index (χ1v) is 9.97. The molecule has 5 rings (SSSR count). The van der Waals surface area contributed by atoms with Gasteiger partial charge in [-0.3, -0.25) is 14.4 Å². The fourth-order valence-electron chi connectivity index (χ4n) is 4.26. The lowest BCUT2D eigenvalue weighted by atomic mass is 9.90. The summed E-state index contributed by atoms with van der Waals surface area (Å²) in [5.74, 6) is -1.95. The maximum atomic E-state index is 13.4. The normalized spacial score (nSPS) is 23.0. The Morgan fingerprint density at radius 3 is 1.91 bits per heavy atom. The average Bonchev–Trinajstić information content (AvgIpc) is 3.31. The van der Waals surface area contributed by atoms with Gasteiger partial charge in [0.15, 0.2) is 6.10 Å². The fourth-order valence-corrected chi connectivity index (χ4v) is 4.26. The molecule has 5 nitrogen and oxygen atoms in total. The van der Waals surface area contributed by atoms with E-state index < -0.39 is 41.6 Å². The third-order valence-corrected chi connectivity index (χ3v) is 5.72. The van der Waals surface area contributed by atoms with E-state index in [4.69, 9.17) is 4.84 Å². The molecule has 2 saturated heterocycles. The van der Waals surface area contributed by atoms with E-state index in [1.165, 1.54) is 0 Å². The topological polar surface area (TPSA) is 49.9 Å². The Labute approximate surface area is 181 Å². The lowest BCUT2D eigenvalue weighted by molar-refractivity contribution is -0.137. The van der Waals surface area contributed by atoms with E-state index in [-0.39, 0.29) is 5.69 Å². The van der Waals surface area contributed by atoms with E-state index in [1.807, 2.05) is 60.7 Å². The van der Waals surface area contributed by atoms with Crippen LogP contribution in [-0.4, -0.2) is 17.9 Å². The van der Waals surface area contributed by atoms with Crippen molar-refractivity contribution in [1.29, 1.82) is 0 Å². The number of halogens is 3. The first-order chi connectivity index (χ1) is 15.4. The quantitative estimate of drug-likeness (QED) is 0.554. The van der Waals surface area contributed by atoms with Gasteiger partial charge in [0.1, 0.15) is 5.92 Å². The SMILES string of the molecule is O=C1[C@H]2[C@@H](ON(c3ccccc3)[C@H]2c2ccccc2)C(=O)N1c1ccc(C(F)(F)F)cc1. The zero-order valence-corrected chi connectivity index (χ0v) is 16.6. The molecule has 2 aliphatic rings. The van der Waals surface area contributed by atoms with Crippen molar-refractivity contribution in [3.63, 3.8) is 0 Å². The maximum absolute atomic E-state index is 13.4. The number of hydrogen-bond donors (Lipinski definition) is 0. The molecule has 162 valence electrons. The number of fused-ring (bicyclic) bond motifs is 1. The molecule has 2 fully saturated rings. The molecule has 2 heterocycles. The van der Waals surface area contributed by atoms with E-state index >= 15 is 0 Å². The number of imide groups is 1. The predicted molar refractivity (Wildman–Crippen MR) is 110 cm³/mol. The third-order valence-electron chi connectivity index (χ3n) is 5.72. The highest BCUT2D eigenvalue weighted by Gasteiger charge is 2.60. The van der Waals surface area contributed by atoms with E-state index in [1.54, 1.807) is 5.06 Å². The number of benzene rings is 3. The van der Waals surface area contributed by atoms with Crippen molar-refractivity contribution >= 4 is 23.2 Å². The Morgan fingerprint density at radius 1 is 0.719 bits per heavy atom. The summed E-state index contributed by atoms with van der Waals surface area (Å²) in [5, 5.41) is 1.57. The first-order valence-electron chi connectivity index (χ1n) is 9.97. The molecule has 0 bridgehead atoms. The molecular formula is C24H17F3N2O3. The summed E-state index contributed by atoms with van der Waals surface area (Å²) in [4.78, 5) is 33.5. The highest BCUT2D eigenvalue weighted by molar-refractivity contribution is 6.23. The van der Waals surface area contributed by atoms with Crippen molar-refractivity contribution in [3.8, 4) is 0 Å². The molecule has 0 N–H and O–H groups in total. The zero-order chi connectivity index (χ0) is 22.5. The van der Waals surface area contributed by atoms with Gasteiger partial charge in [0.25, 0.3) is 5.91 Å². The van der Waals surface area contributed by atoms with Crippen LogP contribution in [0.25, 0.3) is 0 Å². The molecule has 0 unspecified atom stereocenters. The highest BCUT2D eigenvalue weighted by atomic mass is 19.4. The Morgan fingerprint density at radius 2 is 1.31 bits per heavy atom. The van der Waals surface area contributed by atoms with E-state index in [0.717, 1.165) is 34.7 Å². The molecule has 3 atom stereocenters. The summed E-state index contributed by atoms with van der Waals surface area (Å²) in [6.45, 7) is 0. The Kier molecular flexibility index (Phi) is 4.74. The molecule has 3 aromatic carbocycles. The van der Waals surface area contributed by atoms with Gasteiger partial charge in [-0.15, -0.1) is 0 Å². The molecule has 32 heavy (non-hydrogen) atoms. The van der Waals surface area contributed by atoms with Gasteiger partial charge < -0.3 is 0 Å². The zero-order valence-electron chi connectivity index (χ0n) is 16.6. The number of para-hydroxylation sites is 1. The number of rotatable bonds is 3. The number of carbonyl (C=O) groups is 2. The van der Waals surface area contributed by atoms with Gasteiger partial charge in [-0.1, -0.05) is 48.5 Å². The minimum absolute atomic E-state index is 0.0871. The van der Waals surface area contributed by atoms with Crippen molar-refractivity contribution in [2.45, 2.75) is 18.3 Å². The molecule has 2 amide bonds. The van der Waals surface area contributed by atoms with Crippen LogP contribution in [0.2, 0.25) is 0 Å². The van der Waals surface area contributed by atoms with Gasteiger partial charge in [0.2, 0.25) is 5.91 Å². The summed E-state index contributed by atoms with van der Waals surface area (Å²) in [6.07, 6.45) is -5.58. The van der Waals surface area contributed by atoms with Crippen molar-refractivity contribution in [2.24, 2.45) is 5.92 Å². The second kappa shape index (κ2) is 7.49. The largest absolute Gasteiger partial charge is 0.416 e. The van der Waals surface area contributed by atoms with Crippen LogP contribution in [0.4, 0.5) is 24.5 Å². The number of carbonyl (C=O) groups excluding carboxylic acids is 2. The molecule has 0 radical (unpaired) electrons. The molecule has 2 aliphatic heterocycles. The van der Waals surface area contributed by atoms with E-state index in [2.05, 4.69) is 0 Å². The second-order valence-corrected chi connectivity index (χ2v) is 7.63. The molecular weight excluding hydrogens is 421 g/mol. The predicted octanol–water partition coefficient (Wildman–Crippen LogP) is 4.76. The number of anilines is 2. The monoisotopic (exact) mass is 438 g/mol. The first kappa shape index (κ1) is 20.3. The van der Waals surface area contributed by atoms with Crippen LogP contribution in [0.3, 0.4) is 0 Å². The van der Waals surface area contributed by atoms with Crippen LogP contribution in [-0.2, 0) is 20.6 Å². The minimum atomic E-state index is -4.51.